The first-order valence-electron chi connectivity index (χ1n) is 12.7. The molecule has 0 unspecified atom stereocenters. The van der Waals surface area contributed by atoms with Crippen molar-refractivity contribution in [3.05, 3.63) is 60.3 Å². The van der Waals surface area contributed by atoms with Crippen LogP contribution in [0.15, 0.2) is 54.7 Å². The number of hydrogen-bond acceptors (Lipinski definition) is 5. The van der Waals surface area contributed by atoms with E-state index in [1.165, 1.54) is 56.9 Å². The van der Waals surface area contributed by atoms with Crippen molar-refractivity contribution in [3.63, 3.8) is 0 Å². The van der Waals surface area contributed by atoms with Crippen molar-refractivity contribution in [2.24, 2.45) is 0 Å². The molecule has 0 saturated heterocycles. The number of benzene rings is 1. The largest absolute Gasteiger partial charge is 0.367 e. The highest BCUT2D eigenvalue weighted by Crippen LogP contribution is 2.32. The number of anilines is 2. The summed E-state index contributed by atoms with van der Waals surface area (Å²) in [5.74, 6) is 1.76. The van der Waals surface area contributed by atoms with Crippen LogP contribution in [0.1, 0.15) is 56.9 Å². The number of aryl methyl sites for hydroxylation is 1. The predicted molar refractivity (Wildman–Crippen MR) is 138 cm³/mol. The minimum atomic E-state index is 0.483. The first kappa shape index (κ1) is 21.1. The number of nitrogens with one attached hydrogen (secondary N) is 2. The lowest BCUT2D eigenvalue weighted by Crippen LogP contribution is -2.17. The van der Waals surface area contributed by atoms with Gasteiger partial charge in [-0.3, -0.25) is 0 Å². The molecule has 0 atom stereocenters. The van der Waals surface area contributed by atoms with Gasteiger partial charge in [0.25, 0.3) is 0 Å². The molecule has 0 bridgehead atoms. The average Bonchev–Trinajstić information content (AvgIpc) is 3.62. The van der Waals surface area contributed by atoms with E-state index in [1.54, 1.807) is 0 Å². The first-order valence-corrected chi connectivity index (χ1v) is 12.7. The van der Waals surface area contributed by atoms with Crippen LogP contribution in [0.3, 0.4) is 0 Å². The average molecular weight is 453 g/mol. The van der Waals surface area contributed by atoms with Gasteiger partial charge >= 0.3 is 0 Å². The highest BCUT2D eigenvalue weighted by atomic mass is 15.3. The van der Waals surface area contributed by atoms with Gasteiger partial charge in [-0.1, -0.05) is 49.4 Å². The van der Waals surface area contributed by atoms with Gasteiger partial charge in [0.15, 0.2) is 0 Å². The SMILES string of the molecule is Cc1cccc(-c2cc3c(-c4ccnc(NC5CCCC5)n4)ccc(NC4CCCC4)n3n2)c1. The van der Waals surface area contributed by atoms with Crippen LogP contribution in [-0.4, -0.2) is 31.7 Å². The Balaban J connectivity index is 1.42. The third-order valence-corrected chi connectivity index (χ3v) is 7.26. The van der Waals surface area contributed by atoms with Crippen molar-refractivity contribution in [1.82, 2.24) is 19.6 Å². The Bertz CT molecular complexity index is 1300. The quantitative estimate of drug-likeness (QED) is 0.351. The molecule has 3 heterocycles. The third kappa shape index (κ3) is 4.25. The van der Waals surface area contributed by atoms with Crippen molar-refractivity contribution < 1.29 is 0 Å². The number of rotatable bonds is 6. The standard InChI is InChI=1S/C28H32N6/c1-19-7-6-8-20(17-19)25-18-26-23(13-14-27(34(26)33-25)30-21-9-2-3-10-21)24-15-16-29-28(32-24)31-22-11-4-5-12-22/h6-8,13-18,21-22,30H,2-5,9-12H2,1H3,(H,29,31,32). The van der Waals surface area contributed by atoms with Crippen LogP contribution in [0.5, 0.6) is 0 Å². The molecule has 0 aliphatic heterocycles. The fraction of sp³-hybridized carbons (Fsp3) is 0.393. The third-order valence-electron chi connectivity index (χ3n) is 7.26. The molecule has 2 N–H and O–H groups in total. The molecule has 6 nitrogen and oxygen atoms in total. The highest BCUT2D eigenvalue weighted by Gasteiger charge is 2.20. The zero-order valence-corrected chi connectivity index (χ0v) is 19.8. The molecule has 0 radical (unpaired) electrons. The van der Waals surface area contributed by atoms with Gasteiger partial charge in [-0.15, -0.1) is 0 Å². The maximum Gasteiger partial charge on any atom is 0.223 e. The van der Waals surface area contributed by atoms with Gasteiger partial charge in [0.05, 0.1) is 16.9 Å². The van der Waals surface area contributed by atoms with Crippen molar-refractivity contribution in [2.45, 2.75) is 70.4 Å². The molecular formula is C28H32N6. The highest BCUT2D eigenvalue weighted by molar-refractivity contribution is 5.83. The lowest BCUT2D eigenvalue weighted by Gasteiger charge is -2.16. The van der Waals surface area contributed by atoms with E-state index in [2.05, 4.69) is 69.5 Å². The summed E-state index contributed by atoms with van der Waals surface area (Å²) in [4.78, 5) is 9.40. The molecule has 2 fully saturated rings. The van der Waals surface area contributed by atoms with Gasteiger partial charge < -0.3 is 10.6 Å². The summed E-state index contributed by atoms with van der Waals surface area (Å²) < 4.78 is 2.07. The number of aromatic nitrogens is 4. The lowest BCUT2D eigenvalue weighted by molar-refractivity contribution is 0.742. The lowest BCUT2D eigenvalue weighted by atomic mass is 10.1. The first-order chi connectivity index (χ1) is 16.7. The monoisotopic (exact) mass is 452 g/mol. The molecule has 2 aliphatic carbocycles. The van der Waals surface area contributed by atoms with Crippen molar-refractivity contribution in [1.29, 1.82) is 0 Å². The molecule has 2 aliphatic rings. The summed E-state index contributed by atoms with van der Waals surface area (Å²) >= 11 is 0. The van der Waals surface area contributed by atoms with E-state index in [4.69, 9.17) is 10.1 Å². The van der Waals surface area contributed by atoms with Gasteiger partial charge in [0.2, 0.25) is 5.95 Å². The van der Waals surface area contributed by atoms with Crippen molar-refractivity contribution in [2.75, 3.05) is 10.6 Å². The molecule has 6 rings (SSSR count). The van der Waals surface area contributed by atoms with Gasteiger partial charge in [-0.05, 0) is 62.9 Å². The summed E-state index contributed by atoms with van der Waals surface area (Å²) in [7, 11) is 0. The van der Waals surface area contributed by atoms with Crippen LogP contribution in [0.4, 0.5) is 11.8 Å². The number of fused-ring (bicyclic) bond motifs is 1. The maximum absolute atomic E-state index is 5.05. The Hall–Kier alpha value is -3.41. The second-order valence-electron chi connectivity index (χ2n) is 9.85. The minimum Gasteiger partial charge on any atom is -0.367 e. The Kier molecular flexibility index (Phi) is 5.65. The molecule has 2 saturated carbocycles. The zero-order chi connectivity index (χ0) is 22.9. The van der Waals surface area contributed by atoms with Crippen LogP contribution in [0.25, 0.3) is 28.0 Å². The Morgan fingerprint density at radius 2 is 1.59 bits per heavy atom. The van der Waals surface area contributed by atoms with Crippen LogP contribution < -0.4 is 10.6 Å². The van der Waals surface area contributed by atoms with E-state index < -0.39 is 0 Å². The maximum atomic E-state index is 5.05. The Morgan fingerprint density at radius 3 is 2.35 bits per heavy atom. The van der Waals surface area contributed by atoms with Crippen molar-refractivity contribution in [3.8, 4) is 22.5 Å². The van der Waals surface area contributed by atoms with E-state index in [1.807, 2.05) is 12.3 Å². The normalized spacial score (nSPS) is 17.0. The van der Waals surface area contributed by atoms with Gasteiger partial charge in [-0.2, -0.15) is 5.10 Å². The molecule has 34 heavy (non-hydrogen) atoms. The Morgan fingerprint density at radius 1 is 0.824 bits per heavy atom. The van der Waals surface area contributed by atoms with E-state index in [0.29, 0.717) is 18.0 Å². The fourth-order valence-electron chi connectivity index (χ4n) is 5.46. The van der Waals surface area contributed by atoms with Crippen molar-refractivity contribution >= 4 is 17.3 Å². The molecule has 3 aromatic heterocycles. The molecular weight excluding hydrogens is 420 g/mol. The van der Waals surface area contributed by atoms with Gasteiger partial charge in [0.1, 0.15) is 5.82 Å². The second-order valence-corrected chi connectivity index (χ2v) is 9.85. The number of hydrogen-bond donors (Lipinski definition) is 2. The molecule has 0 spiro atoms. The molecule has 6 heteroatoms. The topological polar surface area (TPSA) is 67.1 Å². The van der Waals surface area contributed by atoms with E-state index in [0.717, 1.165) is 33.8 Å². The smallest absolute Gasteiger partial charge is 0.223 e. The molecule has 0 amide bonds. The van der Waals surface area contributed by atoms with E-state index >= 15 is 0 Å². The minimum absolute atomic E-state index is 0.483. The second kappa shape index (κ2) is 9.09. The van der Waals surface area contributed by atoms with Crippen LogP contribution in [0.2, 0.25) is 0 Å². The van der Waals surface area contributed by atoms with E-state index in [9.17, 15) is 0 Å². The van der Waals surface area contributed by atoms with Gasteiger partial charge in [-0.25, -0.2) is 14.5 Å². The van der Waals surface area contributed by atoms with E-state index in [-0.39, 0.29) is 0 Å². The summed E-state index contributed by atoms with van der Waals surface area (Å²) in [6.07, 6.45) is 11.8. The summed E-state index contributed by atoms with van der Waals surface area (Å²) in [5.41, 5.74) is 6.39. The van der Waals surface area contributed by atoms with Crippen LogP contribution in [0, 0.1) is 6.92 Å². The zero-order valence-electron chi connectivity index (χ0n) is 19.8. The predicted octanol–water partition coefficient (Wildman–Crippen LogP) is 6.48. The summed E-state index contributed by atoms with van der Waals surface area (Å²) in [6.45, 7) is 2.12. The van der Waals surface area contributed by atoms with Crippen LogP contribution >= 0.6 is 0 Å². The number of nitrogens with zero attached hydrogens (tertiary/aromatic N) is 4. The molecule has 174 valence electrons. The van der Waals surface area contributed by atoms with Crippen LogP contribution in [-0.2, 0) is 0 Å². The number of pyridine rings is 1. The molecule has 1 aromatic carbocycles. The summed E-state index contributed by atoms with van der Waals surface area (Å²) in [6, 6.07) is 18.1. The fourth-order valence-corrected chi connectivity index (χ4v) is 5.46. The summed E-state index contributed by atoms with van der Waals surface area (Å²) in [5, 5.41) is 12.3. The van der Waals surface area contributed by atoms with Gasteiger partial charge in [0, 0.05) is 29.4 Å². The molecule has 4 aromatic rings. The Labute approximate surface area is 200 Å².